The Morgan fingerprint density at radius 3 is 2.62 bits per heavy atom. The van der Waals surface area contributed by atoms with Gasteiger partial charge in [-0.2, -0.15) is 18.3 Å². The standard InChI is InChI=1S/C32H28F3N3O4/c1-37-25-19-41-17-5-4-16-38-28-22(12-7-13-24(28)27(25)30(36-37)32(33,34)35)23(29(38)31(39)40)14-8-18-42-26-15-6-10-20-9-2-3-11-21(20)26/h2-7,9-13,15H,8,14,16-19H2,1H3,(H,39,40)/b5-4-. The van der Waals surface area contributed by atoms with Gasteiger partial charge in [-0.05, 0) is 29.9 Å². The predicted molar refractivity (Wildman–Crippen MR) is 153 cm³/mol. The number of carbonyl (C=O) groups is 1. The second-order valence-corrected chi connectivity index (χ2v) is 10.2. The van der Waals surface area contributed by atoms with Crippen molar-refractivity contribution in [2.75, 3.05) is 13.2 Å². The zero-order valence-corrected chi connectivity index (χ0v) is 22.8. The van der Waals surface area contributed by atoms with E-state index in [1.807, 2.05) is 42.5 Å². The number of nitrogens with zero attached hydrogens (tertiary/aromatic N) is 3. The van der Waals surface area contributed by atoms with Crippen molar-refractivity contribution in [3.05, 3.63) is 95.5 Å². The molecule has 3 heterocycles. The molecule has 1 aliphatic heterocycles. The van der Waals surface area contributed by atoms with E-state index >= 15 is 0 Å². The number of benzene rings is 3. The molecule has 1 N–H and O–H groups in total. The highest BCUT2D eigenvalue weighted by molar-refractivity contribution is 6.04. The quantitative estimate of drug-likeness (QED) is 0.174. The monoisotopic (exact) mass is 575 g/mol. The Morgan fingerprint density at radius 1 is 1.05 bits per heavy atom. The second kappa shape index (κ2) is 11.0. The van der Waals surface area contributed by atoms with E-state index in [9.17, 15) is 23.1 Å². The maximum absolute atomic E-state index is 14.3. The van der Waals surface area contributed by atoms with Gasteiger partial charge in [-0.25, -0.2) is 4.79 Å². The number of ether oxygens (including phenoxy) is 2. The number of aromatic nitrogens is 3. The normalized spacial score (nSPS) is 14.5. The van der Waals surface area contributed by atoms with Gasteiger partial charge in [0.1, 0.15) is 11.4 Å². The zero-order valence-electron chi connectivity index (χ0n) is 22.8. The molecule has 216 valence electrons. The molecule has 6 rings (SSSR count). The largest absolute Gasteiger partial charge is 0.493 e. The summed E-state index contributed by atoms with van der Waals surface area (Å²) in [5, 5.41) is 16.8. The van der Waals surface area contributed by atoms with Gasteiger partial charge in [0.15, 0.2) is 5.69 Å². The third kappa shape index (κ3) is 4.92. The van der Waals surface area contributed by atoms with Crippen molar-refractivity contribution in [2.24, 2.45) is 7.05 Å². The number of hydrogen-bond donors (Lipinski definition) is 1. The van der Waals surface area contributed by atoms with Crippen LogP contribution >= 0.6 is 0 Å². The average Bonchev–Trinajstić information content (AvgIpc) is 3.46. The highest BCUT2D eigenvalue weighted by atomic mass is 19.4. The topological polar surface area (TPSA) is 78.5 Å². The summed E-state index contributed by atoms with van der Waals surface area (Å²) in [4.78, 5) is 12.7. The Balaban J connectivity index is 1.44. The number of para-hydroxylation sites is 1. The third-order valence-corrected chi connectivity index (χ3v) is 7.58. The van der Waals surface area contributed by atoms with E-state index in [2.05, 4.69) is 5.10 Å². The number of carboxylic acids is 1. The second-order valence-electron chi connectivity index (χ2n) is 10.2. The minimum atomic E-state index is -4.72. The van der Waals surface area contributed by atoms with Gasteiger partial charge in [-0.1, -0.05) is 66.7 Å². The lowest BCUT2D eigenvalue weighted by Gasteiger charge is -2.13. The molecule has 0 spiro atoms. The molecule has 0 atom stereocenters. The molecule has 0 radical (unpaired) electrons. The number of carboxylic acid groups (broad SMARTS) is 1. The van der Waals surface area contributed by atoms with Crippen LogP contribution in [0.25, 0.3) is 32.8 Å². The third-order valence-electron chi connectivity index (χ3n) is 7.58. The van der Waals surface area contributed by atoms with Gasteiger partial charge in [0.05, 0.1) is 31.0 Å². The van der Waals surface area contributed by atoms with Crippen molar-refractivity contribution in [1.82, 2.24) is 14.3 Å². The van der Waals surface area contributed by atoms with Crippen molar-refractivity contribution in [3.63, 3.8) is 0 Å². The van der Waals surface area contributed by atoms with Gasteiger partial charge in [-0.3, -0.25) is 4.68 Å². The highest BCUT2D eigenvalue weighted by Crippen LogP contribution is 2.43. The molecular weight excluding hydrogens is 547 g/mol. The van der Waals surface area contributed by atoms with Gasteiger partial charge in [-0.15, -0.1) is 0 Å². The summed E-state index contributed by atoms with van der Waals surface area (Å²) >= 11 is 0. The van der Waals surface area contributed by atoms with Crippen LogP contribution in [0.5, 0.6) is 5.75 Å². The molecule has 3 aromatic carbocycles. The van der Waals surface area contributed by atoms with E-state index in [1.165, 1.54) is 11.7 Å². The van der Waals surface area contributed by atoms with Crippen LogP contribution in [0.15, 0.2) is 72.8 Å². The van der Waals surface area contributed by atoms with E-state index in [4.69, 9.17) is 9.47 Å². The van der Waals surface area contributed by atoms with Gasteiger partial charge in [0.25, 0.3) is 0 Å². The molecule has 42 heavy (non-hydrogen) atoms. The summed E-state index contributed by atoms with van der Waals surface area (Å²) < 4.78 is 57.3. The molecule has 0 fully saturated rings. The molecule has 5 aromatic rings. The highest BCUT2D eigenvalue weighted by Gasteiger charge is 2.40. The van der Waals surface area contributed by atoms with Crippen molar-refractivity contribution in [2.45, 2.75) is 32.2 Å². The first-order valence-corrected chi connectivity index (χ1v) is 13.6. The van der Waals surface area contributed by atoms with Crippen LogP contribution in [0.4, 0.5) is 13.2 Å². The SMILES string of the molecule is Cn1nc(C(F)(F)F)c2c1COC/C=C\Cn1c(C(=O)O)c(CCCOc3cccc4ccccc34)c3cccc-2c31. The predicted octanol–water partition coefficient (Wildman–Crippen LogP) is 7.01. The molecule has 1 aliphatic rings. The van der Waals surface area contributed by atoms with Gasteiger partial charge in [0.2, 0.25) is 0 Å². The number of aryl methyl sites for hydroxylation is 2. The Morgan fingerprint density at radius 2 is 1.81 bits per heavy atom. The maximum atomic E-state index is 14.3. The van der Waals surface area contributed by atoms with Crippen molar-refractivity contribution < 1.29 is 32.5 Å². The fourth-order valence-corrected chi connectivity index (χ4v) is 5.79. The van der Waals surface area contributed by atoms with Crippen LogP contribution in [0.2, 0.25) is 0 Å². The van der Waals surface area contributed by atoms with Crippen molar-refractivity contribution >= 4 is 27.6 Å². The number of allylic oxidation sites excluding steroid dienone is 1. The van der Waals surface area contributed by atoms with E-state index in [1.54, 1.807) is 34.9 Å². The van der Waals surface area contributed by atoms with Gasteiger partial charge in [0, 0.05) is 35.5 Å². The Bertz CT molecular complexity index is 1830. The number of fused-ring (bicyclic) bond motifs is 3. The van der Waals surface area contributed by atoms with Crippen LogP contribution in [-0.2, 0) is 37.5 Å². The van der Waals surface area contributed by atoms with Crippen molar-refractivity contribution in [1.29, 1.82) is 0 Å². The van der Waals surface area contributed by atoms with Crippen LogP contribution < -0.4 is 4.74 Å². The number of aromatic carboxylic acids is 1. The van der Waals surface area contributed by atoms with Gasteiger partial charge >= 0.3 is 12.1 Å². The molecular formula is C32H28F3N3O4. The van der Waals surface area contributed by atoms with E-state index < -0.39 is 17.8 Å². The number of halogens is 3. The Labute approximate surface area is 239 Å². The molecule has 7 nitrogen and oxygen atoms in total. The fourth-order valence-electron chi connectivity index (χ4n) is 5.79. The molecule has 0 amide bonds. The lowest BCUT2D eigenvalue weighted by Crippen LogP contribution is -2.11. The minimum absolute atomic E-state index is 0.0476. The van der Waals surface area contributed by atoms with Crippen LogP contribution in [0.3, 0.4) is 0 Å². The molecule has 0 saturated heterocycles. The summed E-state index contributed by atoms with van der Waals surface area (Å²) in [6, 6.07) is 18.7. The summed E-state index contributed by atoms with van der Waals surface area (Å²) in [6.45, 7) is 0.567. The summed E-state index contributed by atoms with van der Waals surface area (Å²) in [5.74, 6) is -0.411. The summed E-state index contributed by atoms with van der Waals surface area (Å²) in [7, 11) is 1.45. The maximum Gasteiger partial charge on any atom is 0.435 e. The lowest BCUT2D eigenvalue weighted by molar-refractivity contribution is -0.140. The van der Waals surface area contributed by atoms with Crippen LogP contribution in [0.1, 0.15) is 33.9 Å². The summed E-state index contributed by atoms with van der Waals surface area (Å²) in [6.07, 6.45) is -0.347. The van der Waals surface area contributed by atoms with Gasteiger partial charge < -0.3 is 19.1 Å². The molecule has 2 aromatic heterocycles. The molecule has 0 aliphatic carbocycles. The number of alkyl halides is 3. The molecule has 0 saturated carbocycles. The van der Waals surface area contributed by atoms with Crippen molar-refractivity contribution in [3.8, 4) is 16.9 Å². The lowest BCUT2D eigenvalue weighted by atomic mass is 9.98. The Kier molecular flexibility index (Phi) is 7.24. The summed E-state index contributed by atoms with van der Waals surface area (Å²) in [5.41, 5.74) is 0.429. The first-order chi connectivity index (χ1) is 20.3. The van der Waals surface area contributed by atoms with E-state index in [-0.39, 0.29) is 42.3 Å². The van der Waals surface area contributed by atoms with E-state index in [0.29, 0.717) is 35.9 Å². The number of hydrogen-bond acceptors (Lipinski definition) is 4. The van der Waals surface area contributed by atoms with Crippen LogP contribution in [-0.4, -0.2) is 38.6 Å². The molecule has 0 unspecified atom stereocenters. The zero-order chi connectivity index (χ0) is 29.4. The minimum Gasteiger partial charge on any atom is -0.493 e. The smallest absolute Gasteiger partial charge is 0.435 e. The number of rotatable bonds is 6. The Hall–Kier alpha value is -4.57. The molecule has 0 bridgehead atoms. The first kappa shape index (κ1) is 27.6. The van der Waals surface area contributed by atoms with E-state index in [0.717, 1.165) is 16.5 Å². The fraction of sp³-hybridized carbons (Fsp3) is 0.250. The average molecular weight is 576 g/mol. The van der Waals surface area contributed by atoms with Crippen LogP contribution in [0, 0.1) is 0 Å². The first-order valence-electron chi connectivity index (χ1n) is 13.6. The molecule has 10 heteroatoms.